The van der Waals surface area contributed by atoms with Crippen molar-refractivity contribution in [1.29, 1.82) is 0 Å². The Morgan fingerprint density at radius 3 is 2.60 bits per heavy atom. The van der Waals surface area contributed by atoms with Crippen molar-refractivity contribution in [1.82, 2.24) is 10.2 Å². The van der Waals surface area contributed by atoms with Crippen LogP contribution in [0.3, 0.4) is 0 Å². The second-order valence-electron chi connectivity index (χ2n) is 7.21. The van der Waals surface area contributed by atoms with Gasteiger partial charge in [-0.3, -0.25) is 14.9 Å². The van der Waals surface area contributed by atoms with Gasteiger partial charge in [0.15, 0.2) is 0 Å². The molecule has 2 amide bonds. The number of carbonyl (C=O) groups is 2. The Morgan fingerprint density at radius 2 is 1.93 bits per heavy atom. The van der Waals surface area contributed by atoms with E-state index in [0.717, 1.165) is 17.7 Å². The molecule has 0 aliphatic carbocycles. The van der Waals surface area contributed by atoms with E-state index in [-0.39, 0.29) is 18.2 Å². The molecular formula is C22H21F3N2O3. The molecule has 0 aromatic heterocycles. The highest BCUT2D eigenvalue weighted by atomic mass is 19.4. The first-order chi connectivity index (χ1) is 14.1. The number of nitrogens with zero attached hydrogens (tertiary/aromatic N) is 1. The Hall–Kier alpha value is -3.13. The fraction of sp³-hybridized carbons (Fsp3) is 0.273. The summed E-state index contributed by atoms with van der Waals surface area (Å²) in [6.07, 6.45) is -1.08. The van der Waals surface area contributed by atoms with Gasteiger partial charge < -0.3 is 10.0 Å². The van der Waals surface area contributed by atoms with Crippen molar-refractivity contribution in [3.63, 3.8) is 0 Å². The van der Waals surface area contributed by atoms with Crippen molar-refractivity contribution in [2.24, 2.45) is 0 Å². The normalized spacial score (nSPS) is 14.3. The van der Waals surface area contributed by atoms with E-state index in [0.29, 0.717) is 29.3 Å². The first-order valence-electron chi connectivity index (χ1n) is 9.32. The van der Waals surface area contributed by atoms with Crippen molar-refractivity contribution in [3.8, 4) is 0 Å². The minimum atomic E-state index is -4.59. The van der Waals surface area contributed by atoms with Crippen molar-refractivity contribution in [2.75, 3.05) is 6.61 Å². The highest BCUT2D eigenvalue weighted by Gasteiger charge is 2.31. The Bertz CT molecular complexity index is 1020. The van der Waals surface area contributed by atoms with Gasteiger partial charge in [-0.15, -0.1) is 0 Å². The molecule has 0 fully saturated rings. The number of imide groups is 1. The molecule has 8 heteroatoms. The van der Waals surface area contributed by atoms with Gasteiger partial charge >= 0.3 is 6.18 Å². The summed E-state index contributed by atoms with van der Waals surface area (Å²) in [6.45, 7) is 4.05. The highest BCUT2D eigenvalue weighted by Crippen LogP contribution is 2.30. The Morgan fingerprint density at radius 1 is 1.20 bits per heavy atom. The SMILES string of the molecule is Cc1ccc2c(c1C(=O)NC(=O)c1cccc(C(F)(F)F)c1)C=CN([C@H](C)CO)C2. The largest absolute Gasteiger partial charge is 0.416 e. The lowest BCUT2D eigenvalue weighted by Gasteiger charge is -2.31. The van der Waals surface area contributed by atoms with Crippen LogP contribution in [0.4, 0.5) is 13.2 Å². The molecule has 0 saturated heterocycles. The first-order valence-corrected chi connectivity index (χ1v) is 9.32. The van der Waals surface area contributed by atoms with Gasteiger partial charge in [0.05, 0.1) is 17.7 Å². The summed E-state index contributed by atoms with van der Waals surface area (Å²) in [5.74, 6) is -1.58. The molecule has 0 saturated carbocycles. The van der Waals surface area contributed by atoms with Crippen molar-refractivity contribution >= 4 is 17.9 Å². The van der Waals surface area contributed by atoms with Crippen LogP contribution in [0.1, 0.15) is 49.9 Å². The average Bonchev–Trinajstić information content (AvgIpc) is 2.72. The maximum atomic E-state index is 12.9. The smallest absolute Gasteiger partial charge is 0.394 e. The van der Waals surface area contributed by atoms with Crippen molar-refractivity contribution < 1.29 is 27.9 Å². The van der Waals surface area contributed by atoms with Crippen molar-refractivity contribution in [3.05, 3.63) is 76.0 Å². The lowest BCUT2D eigenvalue weighted by atomic mass is 9.93. The maximum Gasteiger partial charge on any atom is 0.416 e. The third-order valence-electron chi connectivity index (χ3n) is 5.07. The minimum Gasteiger partial charge on any atom is -0.394 e. The zero-order valence-corrected chi connectivity index (χ0v) is 16.5. The van der Waals surface area contributed by atoms with E-state index < -0.39 is 23.6 Å². The van der Waals surface area contributed by atoms with Gasteiger partial charge in [0.25, 0.3) is 11.8 Å². The molecule has 3 rings (SSSR count). The van der Waals surface area contributed by atoms with Crippen LogP contribution in [-0.4, -0.2) is 34.5 Å². The zero-order valence-electron chi connectivity index (χ0n) is 16.5. The van der Waals surface area contributed by atoms with E-state index in [1.807, 2.05) is 17.9 Å². The second kappa shape index (κ2) is 8.31. The quantitative estimate of drug-likeness (QED) is 0.742. The number of rotatable bonds is 4. The van der Waals surface area contributed by atoms with Crippen LogP contribution >= 0.6 is 0 Å². The van der Waals surface area contributed by atoms with Crippen LogP contribution in [0.15, 0.2) is 42.6 Å². The number of amides is 2. The van der Waals surface area contributed by atoms with Gasteiger partial charge in [0.1, 0.15) is 0 Å². The van der Waals surface area contributed by atoms with E-state index in [2.05, 4.69) is 5.32 Å². The lowest BCUT2D eigenvalue weighted by molar-refractivity contribution is -0.137. The number of aliphatic hydroxyl groups excluding tert-OH is 1. The number of hydrogen-bond acceptors (Lipinski definition) is 4. The monoisotopic (exact) mass is 418 g/mol. The van der Waals surface area contributed by atoms with Crippen LogP contribution in [0.25, 0.3) is 6.08 Å². The summed E-state index contributed by atoms with van der Waals surface area (Å²) in [7, 11) is 0. The van der Waals surface area contributed by atoms with E-state index in [1.54, 1.807) is 25.3 Å². The Labute approximate surface area is 171 Å². The van der Waals surface area contributed by atoms with Crippen LogP contribution in [0, 0.1) is 6.92 Å². The average molecular weight is 418 g/mol. The summed E-state index contributed by atoms with van der Waals surface area (Å²) in [4.78, 5) is 27.2. The fourth-order valence-corrected chi connectivity index (χ4v) is 3.30. The molecular weight excluding hydrogens is 397 g/mol. The molecule has 0 unspecified atom stereocenters. The van der Waals surface area contributed by atoms with Gasteiger partial charge in [-0.05, 0) is 54.8 Å². The van der Waals surface area contributed by atoms with E-state index in [1.165, 1.54) is 6.07 Å². The number of aliphatic hydroxyl groups is 1. The molecule has 0 spiro atoms. The summed E-state index contributed by atoms with van der Waals surface area (Å²) in [6, 6.07) is 7.44. The Balaban J connectivity index is 1.86. The number of nitrogens with one attached hydrogen (secondary N) is 1. The third-order valence-corrected chi connectivity index (χ3v) is 5.07. The molecule has 2 aromatic rings. The van der Waals surface area contributed by atoms with E-state index in [9.17, 15) is 27.9 Å². The predicted molar refractivity (Wildman–Crippen MR) is 106 cm³/mol. The van der Waals surface area contributed by atoms with Crippen molar-refractivity contribution in [2.45, 2.75) is 32.6 Å². The molecule has 1 aliphatic heterocycles. The second-order valence-corrected chi connectivity index (χ2v) is 7.21. The number of aryl methyl sites for hydroxylation is 1. The zero-order chi connectivity index (χ0) is 22.1. The first kappa shape index (κ1) is 21.6. The number of hydrogen-bond donors (Lipinski definition) is 2. The number of fused-ring (bicyclic) bond motifs is 1. The molecule has 158 valence electrons. The predicted octanol–water partition coefficient (Wildman–Crippen LogP) is 3.75. The van der Waals surface area contributed by atoms with Crippen LogP contribution in [0.2, 0.25) is 0 Å². The molecule has 1 heterocycles. The molecule has 5 nitrogen and oxygen atoms in total. The molecule has 0 radical (unpaired) electrons. The maximum absolute atomic E-state index is 12.9. The standard InChI is InChI=1S/C22H21F3N2O3/c1-13-6-7-16-11-27(14(2)12-28)9-8-18(16)19(13)21(30)26-20(29)15-4-3-5-17(10-15)22(23,24)25/h3-10,14,28H,11-12H2,1-2H3,(H,26,29,30)/t14-/m1/s1. The third kappa shape index (κ3) is 4.38. The van der Waals surface area contributed by atoms with Gasteiger partial charge in [0.2, 0.25) is 0 Å². The summed E-state index contributed by atoms with van der Waals surface area (Å²) < 4.78 is 38.7. The van der Waals surface area contributed by atoms with Crippen LogP contribution < -0.4 is 5.32 Å². The topological polar surface area (TPSA) is 69.6 Å². The molecule has 1 atom stereocenters. The number of benzene rings is 2. The number of alkyl halides is 3. The van der Waals surface area contributed by atoms with Gasteiger partial charge in [-0.25, -0.2) is 0 Å². The van der Waals surface area contributed by atoms with E-state index >= 15 is 0 Å². The molecule has 0 bridgehead atoms. The van der Waals surface area contributed by atoms with Gasteiger partial charge in [0, 0.05) is 24.4 Å². The number of carbonyl (C=O) groups excluding carboxylic acids is 2. The molecule has 30 heavy (non-hydrogen) atoms. The number of halogens is 3. The minimum absolute atomic E-state index is 0.0234. The molecule has 1 aliphatic rings. The van der Waals surface area contributed by atoms with Crippen LogP contribution in [0.5, 0.6) is 0 Å². The molecule has 2 N–H and O–H groups in total. The van der Waals surface area contributed by atoms with Gasteiger partial charge in [-0.2, -0.15) is 13.2 Å². The summed E-state index contributed by atoms with van der Waals surface area (Å²) >= 11 is 0. The summed E-state index contributed by atoms with van der Waals surface area (Å²) in [5, 5.41) is 11.5. The molecule has 2 aromatic carbocycles. The Kier molecular flexibility index (Phi) is 5.98. The van der Waals surface area contributed by atoms with E-state index in [4.69, 9.17) is 0 Å². The summed E-state index contributed by atoms with van der Waals surface area (Å²) in [5.41, 5.74) is 1.21. The van der Waals surface area contributed by atoms with Crippen LogP contribution in [-0.2, 0) is 12.7 Å². The highest BCUT2D eigenvalue weighted by molar-refractivity contribution is 6.12. The van der Waals surface area contributed by atoms with Gasteiger partial charge in [-0.1, -0.05) is 18.2 Å². The lowest BCUT2D eigenvalue weighted by Crippen LogP contribution is -2.34. The fourth-order valence-electron chi connectivity index (χ4n) is 3.30.